The van der Waals surface area contributed by atoms with E-state index in [-0.39, 0.29) is 18.4 Å². The highest BCUT2D eigenvalue weighted by atomic mass is 16.5. The Morgan fingerprint density at radius 3 is 2.21 bits per heavy atom. The van der Waals surface area contributed by atoms with Crippen molar-refractivity contribution in [2.24, 2.45) is 5.92 Å². The molecule has 12 nitrogen and oxygen atoms in total. The molecule has 3 atom stereocenters. The average molecular weight is 539 g/mol. The van der Waals surface area contributed by atoms with Crippen LogP contribution in [0.4, 0.5) is 4.79 Å². The first-order valence-electron chi connectivity index (χ1n) is 12.2. The molecule has 0 spiro atoms. The second-order valence-electron chi connectivity index (χ2n) is 9.17. The highest BCUT2D eigenvalue weighted by Crippen LogP contribution is 2.17. The Bertz CT molecular complexity index is 1300. The molecule has 2 aromatic carbocycles. The Kier molecular flexibility index (Phi) is 9.74. The third-order valence-corrected chi connectivity index (χ3v) is 5.70. The summed E-state index contributed by atoms with van der Waals surface area (Å²) in [6.07, 6.45) is -1.54. The maximum Gasteiger partial charge on any atom is 0.408 e. The first-order chi connectivity index (χ1) is 18.5. The predicted molar refractivity (Wildman–Crippen MR) is 139 cm³/mol. The van der Waals surface area contributed by atoms with Crippen molar-refractivity contribution in [2.75, 3.05) is 0 Å². The number of alkyl carbamates (subject to hydrolysis) is 1. The van der Waals surface area contributed by atoms with Gasteiger partial charge < -0.3 is 30.2 Å². The third kappa shape index (κ3) is 8.12. The molecule has 206 valence electrons. The van der Waals surface area contributed by atoms with Crippen molar-refractivity contribution in [3.63, 3.8) is 0 Å². The molecule has 39 heavy (non-hydrogen) atoms. The molecule has 0 saturated carbocycles. The molecule has 0 fully saturated rings. The van der Waals surface area contributed by atoms with Crippen LogP contribution in [0.3, 0.4) is 0 Å². The second-order valence-corrected chi connectivity index (χ2v) is 9.17. The molecule has 0 unspecified atom stereocenters. The summed E-state index contributed by atoms with van der Waals surface area (Å²) in [4.78, 5) is 66.4. The predicted octanol–water partition coefficient (Wildman–Crippen LogP) is 2.43. The molecular formula is C27H30N4O8. The van der Waals surface area contributed by atoms with Gasteiger partial charge in [-0.15, -0.1) is 0 Å². The van der Waals surface area contributed by atoms with E-state index in [0.29, 0.717) is 11.1 Å². The van der Waals surface area contributed by atoms with E-state index in [9.17, 15) is 29.1 Å². The molecule has 3 rings (SSSR count). The van der Waals surface area contributed by atoms with Gasteiger partial charge in [0.2, 0.25) is 17.6 Å². The Balaban J connectivity index is 1.61. The van der Waals surface area contributed by atoms with Gasteiger partial charge in [0.1, 0.15) is 30.2 Å². The number of benzene rings is 2. The summed E-state index contributed by atoms with van der Waals surface area (Å²) in [5.74, 6) is -4.34. The van der Waals surface area contributed by atoms with Crippen molar-refractivity contribution < 1.29 is 38.2 Å². The van der Waals surface area contributed by atoms with Gasteiger partial charge in [0.25, 0.3) is 5.89 Å². The number of aliphatic carboxylic acids is 1. The largest absolute Gasteiger partial charge is 0.481 e. The van der Waals surface area contributed by atoms with Gasteiger partial charge in [-0.3, -0.25) is 19.2 Å². The number of carboxylic acid groups (broad SMARTS) is 1. The van der Waals surface area contributed by atoms with Gasteiger partial charge in [0.15, 0.2) is 5.58 Å². The minimum atomic E-state index is -1.49. The van der Waals surface area contributed by atoms with Gasteiger partial charge in [0, 0.05) is 0 Å². The fourth-order valence-electron chi connectivity index (χ4n) is 3.60. The van der Waals surface area contributed by atoms with Gasteiger partial charge in [-0.2, -0.15) is 0 Å². The third-order valence-electron chi connectivity index (χ3n) is 5.70. The zero-order valence-corrected chi connectivity index (χ0v) is 21.7. The van der Waals surface area contributed by atoms with Crippen molar-refractivity contribution in [3.8, 4) is 0 Å². The number of rotatable bonds is 12. The number of aromatic nitrogens is 1. The van der Waals surface area contributed by atoms with Crippen LogP contribution in [0.5, 0.6) is 0 Å². The number of ketones is 1. The lowest BCUT2D eigenvalue weighted by Gasteiger charge is -2.24. The molecule has 1 aromatic heterocycles. The van der Waals surface area contributed by atoms with Gasteiger partial charge in [-0.1, -0.05) is 56.3 Å². The summed E-state index contributed by atoms with van der Waals surface area (Å²) in [6, 6.07) is 11.9. The number of carbonyl (C=O) groups excluding carboxylic acids is 4. The number of fused-ring (bicyclic) bond motifs is 1. The molecule has 0 radical (unpaired) electrons. The quantitative estimate of drug-likeness (QED) is 0.252. The molecule has 4 N–H and O–H groups in total. The Morgan fingerprint density at radius 2 is 1.56 bits per heavy atom. The maximum absolute atomic E-state index is 12.9. The van der Waals surface area contributed by atoms with Crippen LogP contribution >= 0.6 is 0 Å². The van der Waals surface area contributed by atoms with E-state index in [1.54, 1.807) is 62.4 Å². The van der Waals surface area contributed by atoms with E-state index < -0.39 is 54.2 Å². The molecule has 0 aliphatic carbocycles. The van der Waals surface area contributed by atoms with Crippen LogP contribution in [0.1, 0.15) is 43.4 Å². The lowest BCUT2D eigenvalue weighted by atomic mass is 10.0. The number of carboxylic acids is 1. The van der Waals surface area contributed by atoms with Crippen LogP contribution in [0, 0.1) is 5.92 Å². The van der Waals surface area contributed by atoms with Gasteiger partial charge in [-0.25, -0.2) is 9.78 Å². The summed E-state index contributed by atoms with van der Waals surface area (Å²) >= 11 is 0. The molecule has 0 bridgehead atoms. The number of nitrogens with zero attached hydrogens (tertiary/aromatic N) is 1. The Hall–Kier alpha value is -4.74. The number of Topliss-reactive ketones (excluding diaryl/α,β-unsaturated/α-hetero) is 1. The van der Waals surface area contributed by atoms with E-state index in [2.05, 4.69) is 20.9 Å². The van der Waals surface area contributed by atoms with Gasteiger partial charge >= 0.3 is 12.1 Å². The number of amides is 3. The number of nitrogens with one attached hydrogen (secondary N) is 3. The molecule has 3 amide bonds. The normalized spacial score (nSPS) is 13.2. The van der Waals surface area contributed by atoms with Crippen LogP contribution < -0.4 is 16.0 Å². The molecule has 1 heterocycles. The summed E-state index contributed by atoms with van der Waals surface area (Å²) in [7, 11) is 0. The Labute approximate surface area is 224 Å². The first-order valence-corrected chi connectivity index (χ1v) is 12.2. The number of hydrogen-bond acceptors (Lipinski definition) is 8. The molecule has 0 aliphatic rings. The SMILES string of the molecule is CC(C)[C@@H](NC(=O)OCc1ccccc1)C(=O)N[C@@H](C)C(=O)N[C@H](CC(=O)O)C(=O)c1nc2ccccc2o1. The smallest absolute Gasteiger partial charge is 0.408 e. The fourth-order valence-corrected chi connectivity index (χ4v) is 3.60. The van der Waals surface area contributed by atoms with Crippen LogP contribution in [-0.2, 0) is 25.7 Å². The lowest BCUT2D eigenvalue weighted by Crippen LogP contribution is -2.56. The Morgan fingerprint density at radius 1 is 0.897 bits per heavy atom. The van der Waals surface area contributed by atoms with Crippen molar-refractivity contribution in [2.45, 2.75) is 51.9 Å². The van der Waals surface area contributed by atoms with Gasteiger partial charge in [0.05, 0.1) is 6.42 Å². The first kappa shape index (κ1) is 28.8. The molecule has 0 aliphatic heterocycles. The van der Waals surface area contributed by atoms with Crippen molar-refractivity contribution in [1.82, 2.24) is 20.9 Å². The number of carbonyl (C=O) groups is 5. The van der Waals surface area contributed by atoms with Crippen molar-refractivity contribution in [3.05, 3.63) is 66.1 Å². The van der Waals surface area contributed by atoms with E-state index in [1.165, 1.54) is 6.92 Å². The number of oxazole rings is 1. The summed E-state index contributed by atoms with van der Waals surface area (Å²) in [5, 5.41) is 16.6. The zero-order chi connectivity index (χ0) is 28.5. The van der Waals surface area contributed by atoms with Crippen LogP contribution in [-0.4, -0.2) is 57.9 Å². The van der Waals surface area contributed by atoms with Crippen LogP contribution in [0.2, 0.25) is 0 Å². The highest BCUT2D eigenvalue weighted by Gasteiger charge is 2.32. The second kappa shape index (κ2) is 13.2. The van der Waals surface area contributed by atoms with E-state index >= 15 is 0 Å². The van der Waals surface area contributed by atoms with Crippen LogP contribution in [0.15, 0.2) is 59.0 Å². The summed E-state index contributed by atoms with van der Waals surface area (Å²) in [6.45, 7) is 4.78. The standard InChI is InChI=1S/C27H30N4O8/c1-15(2)22(31-27(37)38-14-17-9-5-4-6-10-17)25(36)28-16(3)24(35)29-19(13-21(32)33)23(34)26-30-18-11-7-8-12-20(18)39-26/h4-12,15-16,19,22H,13-14H2,1-3H3,(H,28,36)(H,29,35)(H,31,37)(H,32,33)/t16-,19+,22+/m0/s1. The number of hydrogen-bond donors (Lipinski definition) is 4. The minimum absolute atomic E-state index is 0.0109. The molecule has 3 aromatic rings. The zero-order valence-electron chi connectivity index (χ0n) is 21.7. The monoisotopic (exact) mass is 538 g/mol. The molecule has 0 saturated heterocycles. The van der Waals surface area contributed by atoms with Gasteiger partial charge in [-0.05, 0) is 30.5 Å². The van der Waals surface area contributed by atoms with Crippen LogP contribution in [0.25, 0.3) is 11.1 Å². The highest BCUT2D eigenvalue weighted by molar-refractivity contribution is 6.02. The molecular weight excluding hydrogens is 508 g/mol. The van der Waals surface area contributed by atoms with Crippen molar-refractivity contribution in [1.29, 1.82) is 0 Å². The number of para-hydroxylation sites is 2. The average Bonchev–Trinajstić information content (AvgIpc) is 3.34. The summed E-state index contributed by atoms with van der Waals surface area (Å²) in [5.41, 5.74) is 1.50. The van der Waals surface area contributed by atoms with E-state index in [1.807, 2.05) is 6.07 Å². The van der Waals surface area contributed by atoms with E-state index in [4.69, 9.17) is 9.15 Å². The lowest BCUT2D eigenvalue weighted by molar-refractivity contribution is -0.137. The molecule has 12 heteroatoms. The maximum atomic E-state index is 12.9. The summed E-state index contributed by atoms with van der Waals surface area (Å²) < 4.78 is 10.6. The van der Waals surface area contributed by atoms with Crippen molar-refractivity contribution >= 4 is 40.8 Å². The number of ether oxygens (including phenoxy) is 1. The fraction of sp³-hybridized carbons (Fsp3) is 0.333. The minimum Gasteiger partial charge on any atom is -0.481 e. The topological polar surface area (TPSA) is 177 Å². The van der Waals surface area contributed by atoms with E-state index in [0.717, 1.165) is 5.56 Å².